The molecule has 2 fully saturated rings. The lowest BCUT2D eigenvalue weighted by molar-refractivity contribution is 0.348. The van der Waals surface area contributed by atoms with E-state index in [0.29, 0.717) is 16.8 Å². The topological polar surface area (TPSA) is 24.9 Å². The van der Waals surface area contributed by atoms with Crippen molar-refractivity contribution in [2.45, 2.75) is 25.7 Å². The normalized spacial score (nSPS) is 30.8. The second-order valence-corrected chi connectivity index (χ2v) is 5.74. The third-order valence-electron chi connectivity index (χ3n) is 4.22. The highest BCUT2D eigenvalue weighted by molar-refractivity contribution is 6.30. The molecule has 0 radical (unpaired) electrons. The third-order valence-corrected chi connectivity index (χ3v) is 4.43. The fourth-order valence-corrected chi connectivity index (χ4v) is 3.54. The van der Waals surface area contributed by atoms with Crippen LogP contribution >= 0.6 is 11.6 Å². The first-order valence-corrected chi connectivity index (χ1v) is 6.65. The molecule has 1 heterocycles. The highest BCUT2D eigenvalue weighted by Crippen LogP contribution is 2.48. The van der Waals surface area contributed by atoms with Gasteiger partial charge >= 0.3 is 0 Å². The van der Waals surface area contributed by atoms with Gasteiger partial charge in [-0.25, -0.2) is 9.37 Å². The van der Waals surface area contributed by atoms with Gasteiger partial charge in [0, 0.05) is 12.7 Å². The standard InChI is InChI=1S/C13H16ClFN2/c14-11-5-12(15)13(17-7-11)16-6-10-4-8-1-2-9(10)3-8/h5,7-10H,1-4,6H2,(H,16,17). The van der Waals surface area contributed by atoms with Gasteiger partial charge in [-0.05, 0) is 43.1 Å². The van der Waals surface area contributed by atoms with Gasteiger partial charge in [0.1, 0.15) is 0 Å². The van der Waals surface area contributed by atoms with Crippen molar-refractivity contribution in [3.63, 3.8) is 0 Å². The van der Waals surface area contributed by atoms with Gasteiger partial charge in [-0.15, -0.1) is 0 Å². The number of nitrogens with one attached hydrogen (secondary N) is 1. The van der Waals surface area contributed by atoms with Crippen LogP contribution in [-0.4, -0.2) is 11.5 Å². The smallest absolute Gasteiger partial charge is 0.166 e. The molecule has 2 nitrogen and oxygen atoms in total. The molecule has 4 heteroatoms. The lowest BCUT2D eigenvalue weighted by Crippen LogP contribution is -2.21. The zero-order valence-corrected chi connectivity index (χ0v) is 10.4. The van der Waals surface area contributed by atoms with Crippen LogP contribution in [0, 0.1) is 23.6 Å². The molecule has 2 bridgehead atoms. The van der Waals surface area contributed by atoms with Gasteiger partial charge in [-0.1, -0.05) is 18.0 Å². The molecule has 2 aliphatic rings. The largest absolute Gasteiger partial charge is 0.367 e. The van der Waals surface area contributed by atoms with Gasteiger partial charge in [0.25, 0.3) is 0 Å². The molecular formula is C13H16ClFN2. The summed E-state index contributed by atoms with van der Waals surface area (Å²) in [6, 6.07) is 1.30. The quantitative estimate of drug-likeness (QED) is 0.889. The van der Waals surface area contributed by atoms with Crippen molar-refractivity contribution in [2.75, 3.05) is 11.9 Å². The molecule has 2 aliphatic carbocycles. The van der Waals surface area contributed by atoms with E-state index in [1.807, 2.05) is 0 Å². The van der Waals surface area contributed by atoms with Crippen LogP contribution in [0.15, 0.2) is 12.3 Å². The van der Waals surface area contributed by atoms with E-state index in [9.17, 15) is 4.39 Å². The zero-order valence-electron chi connectivity index (χ0n) is 9.63. The summed E-state index contributed by atoms with van der Waals surface area (Å²) in [6.45, 7) is 0.840. The predicted octanol–water partition coefficient (Wildman–Crippen LogP) is 3.72. The van der Waals surface area contributed by atoms with Crippen LogP contribution in [0.4, 0.5) is 10.2 Å². The molecule has 1 N–H and O–H groups in total. The second kappa shape index (κ2) is 4.45. The summed E-state index contributed by atoms with van der Waals surface area (Å²) in [6.07, 6.45) is 6.91. The summed E-state index contributed by atoms with van der Waals surface area (Å²) in [7, 11) is 0. The maximum atomic E-state index is 13.5. The molecule has 0 aromatic carbocycles. The van der Waals surface area contributed by atoms with Crippen LogP contribution in [0.3, 0.4) is 0 Å². The van der Waals surface area contributed by atoms with Gasteiger partial charge < -0.3 is 5.32 Å². The molecule has 3 rings (SSSR count). The molecule has 0 saturated heterocycles. The van der Waals surface area contributed by atoms with Crippen LogP contribution in [0.25, 0.3) is 0 Å². The van der Waals surface area contributed by atoms with E-state index in [1.165, 1.54) is 37.9 Å². The Bertz CT molecular complexity index is 424. The minimum atomic E-state index is -0.361. The highest BCUT2D eigenvalue weighted by atomic mass is 35.5. The van der Waals surface area contributed by atoms with Gasteiger partial charge in [0.05, 0.1) is 5.02 Å². The third kappa shape index (κ3) is 2.25. The fraction of sp³-hybridized carbons (Fsp3) is 0.615. The minimum Gasteiger partial charge on any atom is -0.367 e. The lowest BCUT2D eigenvalue weighted by atomic mass is 9.89. The first-order valence-electron chi connectivity index (χ1n) is 6.27. The summed E-state index contributed by atoms with van der Waals surface area (Å²) in [4.78, 5) is 3.98. The monoisotopic (exact) mass is 254 g/mol. The van der Waals surface area contributed by atoms with Gasteiger partial charge in [-0.2, -0.15) is 0 Å². The Morgan fingerprint density at radius 3 is 2.94 bits per heavy atom. The molecule has 0 amide bonds. The maximum Gasteiger partial charge on any atom is 0.166 e. The summed E-state index contributed by atoms with van der Waals surface area (Å²) < 4.78 is 13.5. The number of halogens is 2. The maximum absolute atomic E-state index is 13.5. The van der Waals surface area contributed by atoms with Gasteiger partial charge in [0.15, 0.2) is 11.6 Å². The van der Waals surface area contributed by atoms with E-state index < -0.39 is 0 Å². The molecular weight excluding hydrogens is 239 g/mol. The first kappa shape index (κ1) is 11.3. The Labute approximate surface area is 106 Å². The van der Waals surface area contributed by atoms with E-state index in [0.717, 1.165) is 18.4 Å². The van der Waals surface area contributed by atoms with E-state index in [4.69, 9.17) is 11.6 Å². The number of fused-ring (bicyclic) bond motifs is 2. The Morgan fingerprint density at radius 1 is 1.41 bits per heavy atom. The highest BCUT2D eigenvalue weighted by Gasteiger charge is 2.39. The Kier molecular flexibility index (Phi) is 2.95. The second-order valence-electron chi connectivity index (χ2n) is 5.30. The SMILES string of the molecule is Fc1cc(Cl)cnc1NCC1CC2CCC1C2. The molecule has 1 aromatic rings. The minimum absolute atomic E-state index is 0.331. The number of rotatable bonds is 3. The molecule has 3 atom stereocenters. The molecule has 17 heavy (non-hydrogen) atoms. The van der Waals surface area contributed by atoms with Crippen molar-refractivity contribution in [3.8, 4) is 0 Å². The van der Waals surface area contributed by atoms with Gasteiger partial charge in [-0.3, -0.25) is 0 Å². The summed E-state index contributed by atoms with van der Waals surface area (Å²) in [5, 5.41) is 3.46. The van der Waals surface area contributed by atoms with Crippen molar-refractivity contribution < 1.29 is 4.39 Å². The number of anilines is 1. The van der Waals surface area contributed by atoms with Crippen LogP contribution in [-0.2, 0) is 0 Å². The number of nitrogens with zero attached hydrogens (tertiary/aromatic N) is 1. The van der Waals surface area contributed by atoms with E-state index >= 15 is 0 Å². The van der Waals surface area contributed by atoms with E-state index in [1.54, 1.807) is 0 Å². The zero-order chi connectivity index (χ0) is 11.8. The number of hydrogen-bond donors (Lipinski definition) is 1. The van der Waals surface area contributed by atoms with Crippen LogP contribution in [0.2, 0.25) is 5.02 Å². The van der Waals surface area contributed by atoms with E-state index in [2.05, 4.69) is 10.3 Å². The molecule has 1 aromatic heterocycles. The van der Waals surface area contributed by atoms with Gasteiger partial charge in [0.2, 0.25) is 0 Å². The molecule has 0 spiro atoms. The van der Waals surface area contributed by atoms with Crippen LogP contribution in [0.1, 0.15) is 25.7 Å². The molecule has 3 unspecified atom stereocenters. The summed E-state index contributed by atoms with van der Waals surface area (Å²) in [5.74, 6) is 2.45. The molecule has 2 saturated carbocycles. The van der Waals surface area contributed by atoms with E-state index in [-0.39, 0.29) is 5.82 Å². The Balaban J connectivity index is 1.60. The lowest BCUT2D eigenvalue weighted by Gasteiger charge is -2.22. The van der Waals surface area contributed by atoms with Crippen molar-refractivity contribution in [3.05, 3.63) is 23.1 Å². The van der Waals surface area contributed by atoms with Crippen molar-refractivity contribution in [1.29, 1.82) is 0 Å². The first-order chi connectivity index (χ1) is 8.22. The number of pyridine rings is 1. The average Bonchev–Trinajstić information content (AvgIpc) is 2.89. The van der Waals surface area contributed by atoms with Crippen molar-refractivity contribution in [1.82, 2.24) is 4.98 Å². The molecule has 92 valence electrons. The van der Waals surface area contributed by atoms with Crippen LogP contribution < -0.4 is 5.32 Å². The number of hydrogen-bond acceptors (Lipinski definition) is 2. The Hall–Kier alpha value is -0.830. The summed E-state index contributed by atoms with van der Waals surface area (Å²) >= 11 is 5.67. The predicted molar refractivity (Wildman–Crippen MR) is 66.6 cm³/mol. The van der Waals surface area contributed by atoms with Crippen molar-refractivity contribution >= 4 is 17.4 Å². The van der Waals surface area contributed by atoms with Crippen LogP contribution in [0.5, 0.6) is 0 Å². The fourth-order valence-electron chi connectivity index (χ4n) is 3.40. The Morgan fingerprint density at radius 2 is 2.29 bits per heavy atom. The summed E-state index contributed by atoms with van der Waals surface area (Å²) in [5.41, 5.74) is 0. The molecule has 0 aliphatic heterocycles. The van der Waals surface area contributed by atoms with Crippen molar-refractivity contribution in [2.24, 2.45) is 17.8 Å². The average molecular weight is 255 g/mol. The number of aromatic nitrogens is 1.